The summed E-state index contributed by atoms with van der Waals surface area (Å²) in [6.07, 6.45) is 1.72. The normalized spacial score (nSPS) is 13.2. The number of nitrogens with one attached hydrogen (secondary N) is 3. The summed E-state index contributed by atoms with van der Waals surface area (Å²) in [6.45, 7) is 0.394. The molecule has 0 atom stereocenters. The molecule has 3 rings (SSSR count). The van der Waals surface area contributed by atoms with Gasteiger partial charge in [0.1, 0.15) is 5.82 Å². The molecular formula is C12H12BN3O3. The minimum atomic E-state index is -0.914. The summed E-state index contributed by atoms with van der Waals surface area (Å²) in [6, 6.07) is 8.50. The Bertz CT molecular complexity index is 600. The average Bonchev–Trinajstić information content (AvgIpc) is 3.00. The van der Waals surface area contributed by atoms with E-state index in [0.29, 0.717) is 23.6 Å². The molecule has 4 N–H and O–H groups in total. The van der Waals surface area contributed by atoms with Gasteiger partial charge in [-0.3, -0.25) is 5.32 Å². The lowest BCUT2D eigenvalue weighted by Gasteiger charge is -2.07. The molecule has 0 spiro atoms. The molecular weight excluding hydrogens is 245 g/mol. The van der Waals surface area contributed by atoms with Crippen LogP contribution in [0.25, 0.3) is 0 Å². The van der Waals surface area contributed by atoms with Crippen LogP contribution in [0, 0.1) is 0 Å². The third-order valence-corrected chi connectivity index (χ3v) is 2.91. The van der Waals surface area contributed by atoms with E-state index in [1.54, 1.807) is 30.5 Å². The summed E-state index contributed by atoms with van der Waals surface area (Å²) >= 11 is 0. The van der Waals surface area contributed by atoms with E-state index in [0.717, 1.165) is 5.56 Å². The van der Waals surface area contributed by atoms with Crippen molar-refractivity contribution in [3.05, 3.63) is 42.1 Å². The fourth-order valence-corrected chi connectivity index (χ4v) is 1.99. The molecule has 0 radical (unpaired) electrons. The number of carbonyl (C=O) groups excluding carboxylic acids is 1. The largest absolute Gasteiger partial charge is 0.491 e. The van der Waals surface area contributed by atoms with Crippen LogP contribution in [0.5, 0.6) is 0 Å². The number of hydrogen-bond acceptors (Lipinski definition) is 3. The number of fused-ring (bicyclic) bond motifs is 1. The van der Waals surface area contributed by atoms with Crippen LogP contribution in [0.1, 0.15) is 5.56 Å². The maximum Gasteiger partial charge on any atom is 0.491 e. The van der Waals surface area contributed by atoms with E-state index >= 15 is 0 Å². The van der Waals surface area contributed by atoms with E-state index in [-0.39, 0.29) is 6.03 Å². The van der Waals surface area contributed by atoms with Gasteiger partial charge in [0, 0.05) is 11.9 Å². The summed E-state index contributed by atoms with van der Waals surface area (Å²) in [5.74, 6) is 0.613. The van der Waals surface area contributed by atoms with E-state index in [1.807, 2.05) is 6.07 Å². The molecule has 1 aliphatic heterocycles. The fourth-order valence-electron chi connectivity index (χ4n) is 1.99. The number of hydrogen-bond donors (Lipinski definition) is 4. The van der Waals surface area contributed by atoms with Crippen molar-refractivity contribution in [2.45, 2.75) is 6.61 Å². The Balaban J connectivity index is 1.70. The number of aromatic nitrogens is 1. The summed E-state index contributed by atoms with van der Waals surface area (Å²) < 4.78 is 5.09. The zero-order valence-corrected chi connectivity index (χ0v) is 10.0. The van der Waals surface area contributed by atoms with Gasteiger partial charge in [0.2, 0.25) is 0 Å². The molecule has 2 amide bonds. The number of aromatic amines is 1. The van der Waals surface area contributed by atoms with E-state index < -0.39 is 7.12 Å². The molecule has 2 heterocycles. The highest BCUT2D eigenvalue weighted by Gasteiger charge is 2.27. The van der Waals surface area contributed by atoms with Crippen molar-refractivity contribution in [1.82, 2.24) is 4.98 Å². The molecule has 0 bridgehead atoms. The molecule has 1 aromatic heterocycles. The van der Waals surface area contributed by atoms with Gasteiger partial charge in [-0.15, -0.1) is 0 Å². The highest BCUT2D eigenvalue weighted by Crippen LogP contribution is 2.14. The number of rotatable bonds is 2. The number of amides is 2. The zero-order valence-electron chi connectivity index (χ0n) is 10.0. The Morgan fingerprint density at radius 3 is 3.05 bits per heavy atom. The van der Waals surface area contributed by atoms with Crippen molar-refractivity contribution >= 4 is 30.1 Å². The maximum absolute atomic E-state index is 11.7. The van der Waals surface area contributed by atoms with Gasteiger partial charge in [-0.05, 0) is 35.3 Å². The van der Waals surface area contributed by atoms with E-state index in [2.05, 4.69) is 15.6 Å². The monoisotopic (exact) mass is 257 g/mol. The number of carbonyl (C=O) groups is 1. The smallest absolute Gasteiger partial charge is 0.423 e. The van der Waals surface area contributed by atoms with Crippen molar-refractivity contribution in [1.29, 1.82) is 0 Å². The number of H-pyrrole nitrogens is 1. The molecule has 0 fully saturated rings. The molecule has 6 nitrogen and oxygen atoms in total. The molecule has 7 heteroatoms. The van der Waals surface area contributed by atoms with E-state index in [4.69, 9.17) is 4.65 Å². The van der Waals surface area contributed by atoms with Gasteiger partial charge in [-0.25, -0.2) is 4.79 Å². The van der Waals surface area contributed by atoms with Crippen LogP contribution in [0.15, 0.2) is 36.5 Å². The SMILES string of the molecule is O=C(Nc1ccc2c(c1)B(O)OC2)Nc1ccc[nH]1. The van der Waals surface area contributed by atoms with Crippen molar-refractivity contribution in [2.24, 2.45) is 0 Å². The van der Waals surface area contributed by atoms with Gasteiger partial charge in [0.25, 0.3) is 0 Å². The standard InChI is InChI=1S/C12H12BN3O3/c17-12(16-11-2-1-5-14-11)15-9-4-3-8-7-19-13(18)10(8)6-9/h1-6,14,18H,7H2,(H2,15,16,17). The lowest BCUT2D eigenvalue weighted by Crippen LogP contribution is -2.29. The number of urea groups is 1. The molecule has 0 aliphatic carbocycles. The van der Waals surface area contributed by atoms with Gasteiger partial charge < -0.3 is 20.0 Å². The topological polar surface area (TPSA) is 86.4 Å². The quantitative estimate of drug-likeness (QED) is 0.602. The lowest BCUT2D eigenvalue weighted by atomic mass is 9.79. The van der Waals surface area contributed by atoms with Gasteiger partial charge in [0.05, 0.1) is 6.61 Å². The predicted molar refractivity (Wildman–Crippen MR) is 72.3 cm³/mol. The first kappa shape index (κ1) is 11.8. The second-order valence-electron chi connectivity index (χ2n) is 4.24. The molecule has 0 unspecified atom stereocenters. The van der Waals surface area contributed by atoms with E-state index in [9.17, 15) is 9.82 Å². The van der Waals surface area contributed by atoms with Gasteiger partial charge in [-0.1, -0.05) is 6.07 Å². The summed E-state index contributed by atoms with van der Waals surface area (Å²) in [7, 11) is -0.914. The molecule has 0 saturated carbocycles. The Labute approximate surface area is 109 Å². The van der Waals surface area contributed by atoms with Crippen molar-refractivity contribution in [2.75, 3.05) is 10.6 Å². The molecule has 1 aliphatic rings. The van der Waals surface area contributed by atoms with Crippen molar-refractivity contribution < 1.29 is 14.5 Å². The van der Waals surface area contributed by atoms with Crippen LogP contribution in [0.3, 0.4) is 0 Å². The van der Waals surface area contributed by atoms with Gasteiger partial charge in [0.15, 0.2) is 0 Å². The van der Waals surface area contributed by atoms with Crippen LogP contribution in [0.4, 0.5) is 16.3 Å². The van der Waals surface area contributed by atoms with Gasteiger partial charge in [-0.2, -0.15) is 0 Å². The summed E-state index contributed by atoms with van der Waals surface area (Å²) in [4.78, 5) is 14.6. The minimum absolute atomic E-state index is 0.351. The third kappa shape index (κ3) is 2.47. The van der Waals surface area contributed by atoms with Crippen LogP contribution in [-0.2, 0) is 11.3 Å². The number of anilines is 2. The molecule has 0 saturated heterocycles. The predicted octanol–water partition coefficient (Wildman–Crippen LogP) is 0.876. The van der Waals surface area contributed by atoms with Crippen LogP contribution >= 0.6 is 0 Å². The second kappa shape index (κ2) is 4.79. The molecule has 96 valence electrons. The Morgan fingerprint density at radius 1 is 1.37 bits per heavy atom. The Kier molecular flexibility index (Phi) is 2.98. The Hall–Kier alpha value is -2.25. The zero-order chi connectivity index (χ0) is 13.2. The minimum Gasteiger partial charge on any atom is -0.423 e. The summed E-state index contributed by atoms with van der Waals surface area (Å²) in [5.41, 5.74) is 2.23. The Morgan fingerprint density at radius 2 is 2.26 bits per heavy atom. The summed E-state index contributed by atoms with van der Waals surface area (Å²) in [5, 5.41) is 14.9. The highest BCUT2D eigenvalue weighted by molar-refractivity contribution is 6.61. The maximum atomic E-state index is 11.7. The number of benzene rings is 1. The fraction of sp³-hybridized carbons (Fsp3) is 0.0833. The second-order valence-corrected chi connectivity index (χ2v) is 4.24. The molecule has 19 heavy (non-hydrogen) atoms. The average molecular weight is 257 g/mol. The van der Waals surface area contributed by atoms with Gasteiger partial charge >= 0.3 is 13.1 Å². The first-order chi connectivity index (χ1) is 9.22. The van der Waals surface area contributed by atoms with Crippen LogP contribution in [-0.4, -0.2) is 23.2 Å². The van der Waals surface area contributed by atoms with E-state index in [1.165, 1.54) is 0 Å². The highest BCUT2D eigenvalue weighted by atomic mass is 16.5. The van der Waals surface area contributed by atoms with Crippen molar-refractivity contribution in [3.8, 4) is 0 Å². The first-order valence-electron chi connectivity index (χ1n) is 5.86. The third-order valence-electron chi connectivity index (χ3n) is 2.91. The van der Waals surface area contributed by atoms with Crippen molar-refractivity contribution in [3.63, 3.8) is 0 Å². The van der Waals surface area contributed by atoms with Crippen LogP contribution in [0.2, 0.25) is 0 Å². The lowest BCUT2D eigenvalue weighted by molar-refractivity contribution is 0.262. The molecule has 2 aromatic rings. The molecule has 1 aromatic carbocycles. The van der Waals surface area contributed by atoms with Crippen LogP contribution < -0.4 is 16.1 Å². The first-order valence-corrected chi connectivity index (χ1v) is 5.86.